The van der Waals surface area contributed by atoms with E-state index in [-0.39, 0.29) is 23.8 Å². The Morgan fingerprint density at radius 2 is 1.84 bits per heavy atom. The Kier molecular flexibility index (Phi) is 8.82. The minimum Gasteiger partial charge on any atom is -0.376 e. The average Bonchev–Trinajstić information content (AvgIpc) is 2.76. The van der Waals surface area contributed by atoms with Gasteiger partial charge in [-0.2, -0.15) is 0 Å². The number of carbonyl (C=O) groups is 2. The standard InChI is InChI=1S/C26H35N3O3/c1-19(2)14-24(30)28-25(23-10-5-4-6-11-23)26(31)27-16-21-8-7-9-22(15-21)18-29-12-13-32-20(3)17-29/h4-11,15,19-20,25H,12-14,16-18H2,1-3H3,(H,27,31)(H,28,30). The highest BCUT2D eigenvalue weighted by atomic mass is 16.5. The Bertz CT molecular complexity index is 885. The van der Waals surface area contributed by atoms with Crippen molar-refractivity contribution in [2.75, 3.05) is 19.7 Å². The minimum absolute atomic E-state index is 0.120. The largest absolute Gasteiger partial charge is 0.376 e. The highest BCUT2D eigenvalue weighted by molar-refractivity contribution is 5.88. The van der Waals surface area contributed by atoms with Crippen molar-refractivity contribution in [3.05, 3.63) is 71.3 Å². The fraction of sp³-hybridized carbons (Fsp3) is 0.462. The van der Waals surface area contributed by atoms with Gasteiger partial charge in [0.25, 0.3) is 0 Å². The SMILES string of the molecule is CC(C)CC(=O)NC(C(=O)NCc1cccc(CN2CCOC(C)C2)c1)c1ccccc1. The fourth-order valence-corrected chi connectivity index (χ4v) is 3.96. The lowest BCUT2D eigenvalue weighted by Gasteiger charge is -2.31. The van der Waals surface area contributed by atoms with E-state index in [0.717, 1.165) is 37.4 Å². The molecule has 0 spiro atoms. The molecule has 2 aromatic rings. The molecule has 6 heteroatoms. The molecular formula is C26H35N3O3. The number of nitrogens with zero attached hydrogens (tertiary/aromatic N) is 1. The summed E-state index contributed by atoms with van der Waals surface area (Å²) in [6.07, 6.45) is 0.644. The first kappa shape index (κ1) is 24.0. The van der Waals surface area contributed by atoms with Crippen molar-refractivity contribution >= 4 is 11.8 Å². The summed E-state index contributed by atoms with van der Waals surface area (Å²) < 4.78 is 5.62. The van der Waals surface area contributed by atoms with Gasteiger partial charge in [0.2, 0.25) is 11.8 Å². The van der Waals surface area contributed by atoms with Crippen LogP contribution in [-0.2, 0) is 27.4 Å². The van der Waals surface area contributed by atoms with E-state index in [1.54, 1.807) is 0 Å². The number of ether oxygens (including phenoxy) is 1. The lowest BCUT2D eigenvalue weighted by molar-refractivity contribution is -0.129. The number of benzene rings is 2. The summed E-state index contributed by atoms with van der Waals surface area (Å²) >= 11 is 0. The van der Waals surface area contributed by atoms with E-state index >= 15 is 0 Å². The van der Waals surface area contributed by atoms with Crippen LogP contribution in [-0.4, -0.2) is 42.5 Å². The molecule has 2 amide bonds. The topological polar surface area (TPSA) is 70.7 Å². The van der Waals surface area contributed by atoms with Gasteiger partial charge >= 0.3 is 0 Å². The van der Waals surface area contributed by atoms with Crippen molar-refractivity contribution in [3.8, 4) is 0 Å². The second-order valence-electron chi connectivity index (χ2n) is 8.96. The number of carbonyl (C=O) groups excluding carboxylic acids is 2. The fourth-order valence-electron chi connectivity index (χ4n) is 3.96. The molecule has 0 aliphatic carbocycles. The van der Waals surface area contributed by atoms with Crippen molar-refractivity contribution in [1.82, 2.24) is 15.5 Å². The first-order valence-electron chi connectivity index (χ1n) is 11.4. The van der Waals surface area contributed by atoms with Gasteiger partial charge in [-0.05, 0) is 29.5 Å². The highest BCUT2D eigenvalue weighted by Gasteiger charge is 2.23. The molecule has 32 heavy (non-hydrogen) atoms. The number of hydrogen-bond donors (Lipinski definition) is 2. The summed E-state index contributed by atoms with van der Waals surface area (Å²) in [5.41, 5.74) is 3.03. The number of nitrogens with one attached hydrogen (secondary N) is 2. The average molecular weight is 438 g/mol. The Morgan fingerprint density at radius 1 is 1.09 bits per heavy atom. The molecule has 6 nitrogen and oxygen atoms in total. The van der Waals surface area contributed by atoms with Crippen molar-refractivity contribution in [2.45, 2.75) is 52.4 Å². The van der Waals surface area contributed by atoms with Crippen LogP contribution in [0.4, 0.5) is 0 Å². The molecule has 1 aliphatic heterocycles. The van der Waals surface area contributed by atoms with Gasteiger partial charge in [-0.25, -0.2) is 0 Å². The predicted octanol–water partition coefficient (Wildman–Crippen LogP) is 3.43. The molecule has 2 unspecified atom stereocenters. The molecule has 2 aromatic carbocycles. The lowest BCUT2D eigenvalue weighted by Crippen LogP contribution is -2.40. The third-order valence-corrected chi connectivity index (χ3v) is 5.48. The van der Waals surface area contributed by atoms with Crippen LogP contribution in [0.25, 0.3) is 0 Å². The Labute approximate surface area is 191 Å². The quantitative estimate of drug-likeness (QED) is 0.631. The Balaban J connectivity index is 1.62. The molecule has 1 heterocycles. The van der Waals surface area contributed by atoms with Crippen molar-refractivity contribution in [1.29, 1.82) is 0 Å². The summed E-state index contributed by atoms with van der Waals surface area (Å²) in [6.45, 7) is 9.98. The third-order valence-electron chi connectivity index (χ3n) is 5.48. The number of hydrogen-bond acceptors (Lipinski definition) is 4. The van der Waals surface area contributed by atoms with E-state index in [2.05, 4.69) is 34.6 Å². The van der Waals surface area contributed by atoms with Crippen molar-refractivity contribution in [3.63, 3.8) is 0 Å². The van der Waals surface area contributed by atoms with Gasteiger partial charge in [-0.15, -0.1) is 0 Å². The molecule has 2 N–H and O–H groups in total. The first-order chi connectivity index (χ1) is 15.4. The summed E-state index contributed by atoms with van der Waals surface area (Å²) in [5, 5.41) is 5.91. The zero-order valence-corrected chi connectivity index (χ0v) is 19.3. The van der Waals surface area contributed by atoms with E-state index in [1.165, 1.54) is 5.56 Å². The normalized spacial score (nSPS) is 17.7. The number of rotatable bonds is 9. The molecule has 1 saturated heterocycles. The van der Waals surface area contributed by atoms with E-state index in [0.29, 0.717) is 13.0 Å². The molecule has 3 rings (SSSR count). The maximum Gasteiger partial charge on any atom is 0.247 e. The molecule has 0 bridgehead atoms. The maximum absolute atomic E-state index is 13.0. The van der Waals surface area contributed by atoms with Gasteiger partial charge in [0, 0.05) is 32.6 Å². The monoisotopic (exact) mass is 437 g/mol. The molecule has 172 valence electrons. The zero-order chi connectivity index (χ0) is 22.9. The van der Waals surface area contributed by atoms with E-state index in [4.69, 9.17) is 4.74 Å². The number of morpholine rings is 1. The summed E-state index contributed by atoms with van der Waals surface area (Å²) in [6, 6.07) is 17.0. The van der Waals surface area contributed by atoms with Gasteiger partial charge in [-0.1, -0.05) is 68.4 Å². The maximum atomic E-state index is 13.0. The second kappa shape index (κ2) is 11.8. The van der Waals surface area contributed by atoms with Crippen molar-refractivity contribution < 1.29 is 14.3 Å². The van der Waals surface area contributed by atoms with Crippen LogP contribution in [0.15, 0.2) is 54.6 Å². The third kappa shape index (κ3) is 7.46. The predicted molar refractivity (Wildman–Crippen MR) is 126 cm³/mol. The van der Waals surface area contributed by atoms with Gasteiger partial charge in [0.1, 0.15) is 6.04 Å². The molecule has 0 radical (unpaired) electrons. The highest BCUT2D eigenvalue weighted by Crippen LogP contribution is 2.16. The smallest absolute Gasteiger partial charge is 0.247 e. The van der Waals surface area contributed by atoms with Crippen LogP contribution in [0.2, 0.25) is 0 Å². The van der Waals surface area contributed by atoms with Crippen LogP contribution in [0.3, 0.4) is 0 Å². The molecule has 1 aliphatic rings. The van der Waals surface area contributed by atoms with E-state index < -0.39 is 6.04 Å². The van der Waals surface area contributed by atoms with Crippen LogP contribution in [0.1, 0.15) is 49.9 Å². The van der Waals surface area contributed by atoms with Crippen LogP contribution < -0.4 is 10.6 Å². The molecule has 0 saturated carbocycles. The van der Waals surface area contributed by atoms with E-state index in [1.807, 2.05) is 56.3 Å². The Morgan fingerprint density at radius 3 is 2.56 bits per heavy atom. The van der Waals surface area contributed by atoms with Gasteiger partial charge in [0.15, 0.2) is 0 Å². The second-order valence-corrected chi connectivity index (χ2v) is 8.96. The molecule has 2 atom stereocenters. The van der Waals surface area contributed by atoms with Crippen LogP contribution >= 0.6 is 0 Å². The van der Waals surface area contributed by atoms with Gasteiger partial charge < -0.3 is 15.4 Å². The van der Waals surface area contributed by atoms with Crippen LogP contribution in [0, 0.1) is 5.92 Å². The van der Waals surface area contributed by atoms with Crippen molar-refractivity contribution in [2.24, 2.45) is 5.92 Å². The van der Waals surface area contributed by atoms with E-state index in [9.17, 15) is 9.59 Å². The summed E-state index contributed by atoms with van der Waals surface area (Å²) in [5.74, 6) is -0.0990. The zero-order valence-electron chi connectivity index (χ0n) is 19.3. The minimum atomic E-state index is -0.708. The molecule has 0 aromatic heterocycles. The Hall–Kier alpha value is -2.70. The van der Waals surface area contributed by atoms with Gasteiger partial charge in [0.05, 0.1) is 12.7 Å². The molecular weight excluding hydrogens is 402 g/mol. The molecule has 1 fully saturated rings. The number of amides is 2. The lowest BCUT2D eigenvalue weighted by atomic mass is 10.0. The summed E-state index contributed by atoms with van der Waals surface area (Å²) in [7, 11) is 0. The first-order valence-corrected chi connectivity index (χ1v) is 11.4. The van der Waals surface area contributed by atoms with Crippen LogP contribution in [0.5, 0.6) is 0 Å². The summed E-state index contributed by atoms with van der Waals surface area (Å²) in [4.78, 5) is 27.8. The van der Waals surface area contributed by atoms with Gasteiger partial charge in [-0.3, -0.25) is 14.5 Å².